The van der Waals surface area contributed by atoms with Crippen LogP contribution in [0.4, 0.5) is 22.0 Å². The third-order valence-electron chi connectivity index (χ3n) is 7.18. The molecular weight excluding hydrogens is 523 g/mol. The second kappa shape index (κ2) is 10.1. The third kappa shape index (κ3) is 5.82. The molecule has 3 saturated carbocycles. The van der Waals surface area contributed by atoms with E-state index in [1.807, 2.05) is 0 Å². The Morgan fingerprint density at radius 3 is 2.41 bits per heavy atom. The summed E-state index contributed by atoms with van der Waals surface area (Å²) in [5.41, 5.74) is -3.13. The average Bonchev–Trinajstić information content (AvgIpc) is 2.83. The van der Waals surface area contributed by atoms with Gasteiger partial charge in [-0.1, -0.05) is 11.6 Å². The van der Waals surface area contributed by atoms with Crippen molar-refractivity contribution < 1.29 is 41.4 Å². The van der Waals surface area contributed by atoms with Gasteiger partial charge in [-0.2, -0.15) is 13.2 Å². The Labute approximate surface area is 214 Å². The van der Waals surface area contributed by atoms with E-state index in [2.05, 4.69) is 10.6 Å². The summed E-state index contributed by atoms with van der Waals surface area (Å²) in [4.78, 5) is 25.5. The molecule has 6 nitrogen and oxygen atoms in total. The minimum atomic E-state index is -4.73. The van der Waals surface area contributed by atoms with Gasteiger partial charge in [-0.25, -0.2) is 8.78 Å². The number of carbonyl (C=O) groups excluding carboxylic acids is 2. The maximum atomic E-state index is 13.7. The Bertz CT molecular complexity index is 1200. The van der Waals surface area contributed by atoms with Crippen LogP contribution in [0.25, 0.3) is 0 Å². The average molecular weight is 547 g/mol. The summed E-state index contributed by atoms with van der Waals surface area (Å²) in [6.07, 6.45) is -4.50. The van der Waals surface area contributed by atoms with Crippen LogP contribution in [0.2, 0.25) is 5.02 Å². The van der Waals surface area contributed by atoms with Crippen molar-refractivity contribution in [3.8, 4) is 5.75 Å². The zero-order valence-electron chi connectivity index (χ0n) is 19.4. The maximum absolute atomic E-state index is 13.7. The predicted octanol–water partition coefficient (Wildman–Crippen LogP) is 4.51. The third-order valence-corrected chi connectivity index (χ3v) is 7.48. The summed E-state index contributed by atoms with van der Waals surface area (Å²) in [6.45, 7) is -0.725. The smallest absolute Gasteiger partial charge is 0.416 e. The molecule has 12 heteroatoms. The highest BCUT2D eigenvalue weighted by Crippen LogP contribution is 2.52. The Balaban J connectivity index is 1.34. The van der Waals surface area contributed by atoms with E-state index in [1.165, 1.54) is 12.1 Å². The number of halogens is 6. The fraction of sp³-hybridized carbons (Fsp3) is 0.440. The summed E-state index contributed by atoms with van der Waals surface area (Å²) in [5, 5.41) is 16.2. The Morgan fingerprint density at radius 2 is 1.78 bits per heavy atom. The molecule has 2 bridgehead atoms. The Morgan fingerprint density at radius 1 is 1.08 bits per heavy atom. The second-order valence-corrected chi connectivity index (χ2v) is 10.0. The number of hydrogen-bond acceptors (Lipinski definition) is 4. The molecule has 3 fully saturated rings. The molecule has 0 aromatic heterocycles. The van der Waals surface area contributed by atoms with Crippen LogP contribution in [0.1, 0.15) is 43.2 Å². The van der Waals surface area contributed by atoms with E-state index >= 15 is 0 Å². The highest BCUT2D eigenvalue weighted by Gasteiger charge is 2.58. The monoisotopic (exact) mass is 546 g/mol. The van der Waals surface area contributed by atoms with Crippen molar-refractivity contribution in [3.05, 3.63) is 64.2 Å². The number of aliphatic hydroxyl groups is 1. The number of ether oxygens (including phenoxy) is 1. The van der Waals surface area contributed by atoms with E-state index in [1.54, 1.807) is 0 Å². The van der Waals surface area contributed by atoms with Crippen LogP contribution in [0, 0.1) is 17.0 Å². The van der Waals surface area contributed by atoms with Crippen LogP contribution in [0.3, 0.4) is 0 Å². The van der Waals surface area contributed by atoms with Crippen molar-refractivity contribution in [2.24, 2.45) is 5.41 Å². The Hall–Kier alpha value is -2.92. The quantitative estimate of drug-likeness (QED) is 0.446. The van der Waals surface area contributed by atoms with Gasteiger partial charge in [0.15, 0.2) is 6.61 Å². The summed E-state index contributed by atoms with van der Waals surface area (Å²) in [6, 6.07) is 5.83. The lowest BCUT2D eigenvalue weighted by Crippen LogP contribution is -2.65. The first-order valence-electron chi connectivity index (χ1n) is 11.5. The number of benzene rings is 2. The molecule has 2 aromatic rings. The van der Waals surface area contributed by atoms with E-state index in [0.717, 1.165) is 18.2 Å². The molecule has 37 heavy (non-hydrogen) atoms. The van der Waals surface area contributed by atoms with E-state index in [9.17, 15) is 36.6 Å². The molecule has 3 aliphatic rings. The standard InChI is InChI=1S/C25H24ClF5N2O4/c26-18-2-1-17(10-19(18)28)37-13-21(35)33-23-3-5-24(6-4-23,20(34)11-23)22(36)32-12-14-7-15(25(29,30)31)9-16(27)8-14/h1-2,7-10,20,34H,3-6,11-13H2,(H,32,36)(H,33,35). The molecule has 1 atom stereocenters. The van der Waals surface area contributed by atoms with Gasteiger partial charge in [-0.15, -0.1) is 0 Å². The molecule has 0 aliphatic heterocycles. The van der Waals surface area contributed by atoms with Gasteiger partial charge in [0.1, 0.15) is 17.4 Å². The van der Waals surface area contributed by atoms with Crippen molar-refractivity contribution >= 4 is 23.4 Å². The number of fused-ring (bicyclic) bond motifs is 3. The molecule has 3 N–H and O–H groups in total. The fourth-order valence-electron chi connectivity index (χ4n) is 5.15. The second-order valence-electron chi connectivity index (χ2n) is 9.60. The largest absolute Gasteiger partial charge is 0.484 e. The van der Waals surface area contributed by atoms with Gasteiger partial charge in [0.05, 0.1) is 22.1 Å². The molecule has 0 spiro atoms. The Kier molecular flexibility index (Phi) is 7.40. The van der Waals surface area contributed by atoms with Crippen molar-refractivity contribution in [3.63, 3.8) is 0 Å². The summed E-state index contributed by atoms with van der Waals surface area (Å²) >= 11 is 5.62. The zero-order valence-corrected chi connectivity index (χ0v) is 20.2. The van der Waals surface area contributed by atoms with Crippen LogP contribution >= 0.6 is 11.6 Å². The lowest BCUT2D eigenvalue weighted by Gasteiger charge is -2.55. The molecule has 200 valence electrons. The van der Waals surface area contributed by atoms with Crippen molar-refractivity contribution in [2.45, 2.75) is 56.5 Å². The zero-order chi connectivity index (χ0) is 27.0. The molecule has 2 amide bonds. The van der Waals surface area contributed by atoms with Gasteiger partial charge in [-0.05, 0) is 68.0 Å². The number of carbonyl (C=O) groups is 2. The first kappa shape index (κ1) is 27.1. The van der Waals surface area contributed by atoms with Gasteiger partial charge in [0.25, 0.3) is 5.91 Å². The molecular formula is C25H24ClF5N2O4. The van der Waals surface area contributed by atoms with Gasteiger partial charge < -0.3 is 20.5 Å². The van der Waals surface area contributed by atoms with Crippen molar-refractivity contribution in [1.82, 2.24) is 10.6 Å². The first-order valence-corrected chi connectivity index (χ1v) is 11.9. The lowest BCUT2D eigenvalue weighted by molar-refractivity contribution is -0.156. The van der Waals surface area contributed by atoms with E-state index < -0.39 is 58.9 Å². The van der Waals surface area contributed by atoms with Gasteiger partial charge in [0, 0.05) is 18.2 Å². The molecule has 0 heterocycles. The van der Waals surface area contributed by atoms with E-state index in [0.29, 0.717) is 18.9 Å². The number of amides is 2. The first-order chi connectivity index (χ1) is 17.3. The lowest BCUT2D eigenvalue weighted by atomic mass is 9.55. The van der Waals surface area contributed by atoms with Crippen LogP contribution in [-0.2, 0) is 22.3 Å². The summed E-state index contributed by atoms with van der Waals surface area (Å²) in [7, 11) is 0. The van der Waals surface area contributed by atoms with Crippen LogP contribution < -0.4 is 15.4 Å². The minimum absolute atomic E-state index is 0.0552. The van der Waals surface area contributed by atoms with Crippen LogP contribution in [0.15, 0.2) is 36.4 Å². The number of rotatable bonds is 7. The SMILES string of the molecule is O=C(COc1ccc(Cl)c(F)c1)NC12CCC(C(=O)NCc3cc(F)cc(C(F)(F)F)c3)(CC1)C(O)C2. The highest BCUT2D eigenvalue weighted by atomic mass is 35.5. The molecule has 5 rings (SSSR count). The molecule has 1 unspecified atom stereocenters. The van der Waals surface area contributed by atoms with Gasteiger partial charge in [0.2, 0.25) is 5.91 Å². The number of nitrogens with one attached hydrogen (secondary N) is 2. The van der Waals surface area contributed by atoms with Gasteiger partial charge in [-0.3, -0.25) is 9.59 Å². The van der Waals surface area contributed by atoms with Crippen LogP contribution in [0.5, 0.6) is 5.75 Å². The topological polar surface area (TPSA) is 87.7 Å². The summed E-state index contributed by atoms with van der Waals surface area (Å²) < 4.78 is 71.4. The molecule has 0 saturated heterocycles. The maximum Gasteiger partial charge on any atom is 0.416 e. The number of alkyl halides is 3. The predicted molar refractivity (Wildman–Crippen MR) is 123 cm³/mol. The fourth-order valence-corrected chi connectivity index (χ4v) is 5.27. The normalized spacial score (nSPS) is 25.0. The summed E-state index contributed by atoms with van der Waals surface area (Å²) in [5.74, 6) is -2.65. The molecule has 3 aliphatic carbocycles. The van der Waals surface area contributed by atoms with E-state index in [-0.39, 0.29) is 42.1 Å². The van der Waals surface area contributed by atoms with Gasteiger partial charge >= 0.3 is 6.18 Å². The highest BCUT2D eigenvalue weighted by molar-refractivity contribution is 6.30. The molecule has 0 radical (unpaired) electrons. The molecule has 2 aromatic carbocycles. The van der Waals surface area contributed by atoms with Crippen LogP contribution in [-0.4, -0.2) is 35.2 Å². The van der Waals surface area contributed by atoms with E-state index in [4.69, 9.17) is 16.3 Å². The van der Waals surface area contributed by atoms with Crippen molar-refractivity contribution in [2.75, 3.05) is 6.61 Å². The number of hydrogen-bond donors (Lipinski definition) is 3. The number of aliphatic hydroxyl groups excluding tert-OH is 1. The van der Waals surface area contributed by atoms with Crippen molar-refractivity contribution in [1.29, 1.82) is 0 Å². The minimum Gasteiger partial charge on any atom is -0.484 e.